The van der Waals surface area contributed by atoms with E-state index in [0.29, 0.717) is 6.41 Å². The highest BCUT2D eigenvalue weighted by atomic mass is 79.9. The van der Waals surface area contributed by atoms with Crippen LogP contribution in [0.4, 0.5) is 0 Å². The first-order valence-corrected chi connectivity index (χ1v) is 1.02. The van der Waals surface area contributed by atoms with Crippen molar-refractivity contribution in [2.24, 2.45) is 0 Å². The summed E-state index contributed by atoms with van der Waals surface area (Å²) in [6, 6.07) is 0. The van der Waals surface area contributed by atoms with E-state index in [-0.39, 0.29) is 17.0 Å². The van der Waals surface area contributed by atoms with Crippen molar-refractivity contribution < 1.29 is 4.79 Å². The van der Waals surface area contributed by atoms with E-state index in [9.17, 15) is 0 Å². The van der Waals surface area contributed by atoms with Crippen LogP contribution in [0.1, 0.15) is 0 Å². The van der Waals surface area contributed by atoms with Gasteiger partial charge in [-0.1, -0.05) is 0 Å². The molecule has 0 aliphatic heterocycles. The standard InChI is InChI=1S/C2H5NO.BrH/c1-3-2-4;/h2H,1H3,(H,3,4);1H. The number of hydrogen-bond acceptors (Lipinski definition) is 1. The molecule has 0 radical (unpaired) electrons. The Bertz CT molecular complexity index is 23.6. The Morgan fingerprint density at radius 1 is 1.80 bits per heavy atom. The Hall–Kier alpha value is -0.0500. The molecule has 1 N–H and O–H groups in total. The largest absolute Gasteiger partial charge is 0.362 e. The molecule has 0 aromatic heterocycles. The molecule has 0 aromatic rings. The van der Waals surface area contributed by atoms with Crippen molar-refractivity contribution in [3.63, 3.8) is 0 Å². The van der Waals surface area contributed by atoms with Crippen molar-refractivity contribution in [3.05, 3.63) is 0 Å². The van der Waals surface area contributed by atoms with Crippen molar-refractivity contribution >= 4 is 23.4 Å². The summed E-state index contributed by atoms with van der Waals surface area (Å²) in [7, 11) is 1.56. The molecule has 2 nitrogen and oxygen atoms in total. The summed E-state index contributed by atoms with van der Waals surface area (Å²) in [6.45, 7) is 0. The second kappa shape index (κ2) is 9.04. The topological polar surface area (TPSA) is 29.1 Å². The van der Waals surface area contributed by atoms with Crippen LogP contribution in [0.3, 0.4) is 0 Å². The summed E-state index contributed by atoms with van der Waals surface area (Å²) >= 11 is 0. The number of amides is 1. The first-order chi connectivity index (χ1) is 1.91. The van der Waals surface area contributed by atoms with Gasteiger partial charge in [0.1, 0.15) is 0 Å². The fourth-order valence-electron chi connectivity index (χ4n) is 0. The second-order valence-corrected chi connectivity index (χ2v) is 0.407. The Kier molecular flexibility index (Phi) is 16.0. The van der Waals surface area contributed by atoms with Gasteiger partial charge < -0.3 is 5.32 Å². The molecule has 0 fully saturated rings. The van der Waals surface area contributed by atoms with E-state index in [0.717, 1.165) is 0 Å². The van der Waals surface area contributed by atoms with Crippen molar-refractivity contribution in [3.8, 4) is 0 Å². The third-order valence-electron chi connectivity index (χ3n) is 0.118. The highest BCUT2D eigenvalue weighted by Crippen LogP contribution is 1.09. The SMILES string of the molecule is Br.CNC=O. The monoisotopic (exact) mass is 139 g/mol. The van der Waals surface area contributed by atoms with E-state index in [4.69, 9.17) is 4.79 Å². The second-order valence-electron chi connectivity index (χ2n) is 0.407. The molecule has 0 heterocycles. The average Bonchev–Trinajstić information content (AvgIpc) is 1.37. The van der Waals surface area contributed by atoms with Crippen LogP contribution in [0, 0.1) is 0 Å². The Morgan fingerprint density at radius 3 is 2.00 bits per heavy atom. The van der Waals surface area contributed by atoms with Crippen LogP contribution in [-0.4, -0.2) is 13.5 Å². The van der Waals surface area contributed by atoms with E-state index >= 15 is 0 Å². The van der Waals surface area contributed by atoms with Crippen LogP contribution in [0.2, 0.25) is 0 Å². The minimum absolute atomic E-state index is 0. The van der Waals surface area contributed by atoms with E-state index in [1.54, 1.807) is 7.05 Å². The van der Waals surface area contributed by atoms with Crippen LogP contribution >= 0.6 is 17.0 Å². The zero-order chi connectivity index (χ0) is 3.41. The summed E-state index contributed by atoms with van der Waals surface area (Å²) in [6.07, 6.45) is 0.625. The molecule has 0 unspecified atom stereocenters. The molecule has 0 bridgehead atoms. The van der Waals surface area contributed by atoms with E-state index < -0.39 is 0 Å². The van der Waals surface area contributed by atoms with Crippen LogP contribution in [0.15, 0.2) is 0 Å². The Morgan fingerprint density at radius 2 is 2.00 bits per heavy atom. The maximum atomic E-state index is 9.06. The molecule has 0 aliphatic carbocycles. The Labute approximate surface area is 41.3 Å². The molecule has 0 rings (SSSR count). The van der Waals surface area contributed by atoms with Gasteiger partial charge in [-0.3, -0.25) is 4.79 Å². The summed E-state index contributed by atoms with van der Waals surface area (Å²) in [4.78, 5) is 9.06. The molecule has 3 heteroatoms. The number of carbonyl (C=O) groups is 1. The molecule has 1 amide bonds. The van der Waals surface area contributed by atoms with Gasteiger partial charge in [0.25, 0.3) is 0 Å². The van der Waals surface area contributed by atoms with Gasteiger partial charge in [0, 0.05) is 7.05 Å². The van der Waals surface area contributed by atoms with Crippen LogP contribution in [0.25, 0.3) is 0 Å². The molecule has 0 saturated carbocycles. The fourth-order valence-corrected chi connectivity index (χ4v) is 0. The quantitative estimate of drug-likeness (QED) is 0.508. The Balaban J connectivity index is 0. The van der Waals surface area contributed by atoms with Gasteiger partial charge in [-0.25, -0.2) is 0 Å². The van der Waals surface area contributed by atoms with Gasteiger partial charge >= 0.3 is 0 Å². The molecule has 0 saturated heterocycles. The fraction of sp³-hybridized carbons (Fsp3) is 0.500. The third-order valence-corrected chi connectivity index (χ3v) is 0.118. The molecular formula is C2H6BrNO. The molecule has 32 valence electrons. The lowest BCUT2D eigenvalue weighted by atomic mass is 11.2. The summed E-state index contributed by atoms with van der Waals surface area (Å²) in [5, 5.41) is 2.25. The molecule has 0 aromatic carbocycles. The molecule has 0 spiro atoms. The van der Waals surface area contributed by atoms with Crippen molar-refractivity contribution in [1.29, 1.82) is 0 Å². The zero-order valence-electron chi connectivity index (χ0n) is 2.89. The van der Waals surface area contributed by atoms with Crippen LogP contribution in [-0.2, 0) is 4.79 Å². The van der Waals surface area contributed by atoms with Crippen molar-refractivity contribution in [2.45, 2.75) is 0 Å². The number of carbonyl (C=O) groups excluding carboxylic acids is 1. The summed E-state index contributed by atoms with van der Waals surface area (Å²) < 4.78 is 0. The molecule has 5 heavy (non-hydrogen) atoms. The van der Waals surface area contributed by atoms with Crippen molar-refractivity contribution in [2.75, 3.05) is 7.05 Å². The maximum Gasteiger partial charge on any atom is 0.206 e. The maximum absolute atomic E-state index is 9.06. The average molecular weight is 140 g/mol. The third kappa shape index (κ3) is 16.6. The molecular weight excluding hydrogens is 134 g/mol. The van der Waals surface area contributed by atoms with E-state index in [2.05, 4.69) is 5.32 Å². The normalized spacial score (nSPS) is 4.20. The minimum atomic E-state index is 0. The lowest BCUT2D eigenvalue weighted by Crippen LogP contribution is -1.98. The van der Waals surface area contributed by atoms with Gasteiger partial charge in [0.2, 0.25) is 6.41 Å². The summed E-state index contributed by atoms with van der Waals surface area (Å²) in [5.74, 6) is 0. The van der Waals surface area contributed by atoms with E-state index in [1.807, 2.05) is 0 Å². The van der Waals surface area contributed by atoms with Gasteiger partial charge in [-0.2, -0.15) is 0 Å². The smallest absolute Gasteiger partial charge is 0.206 e. The summed E-state index contributed by atoms with van der Waals surface area (Å²) in [5.41, 5.74) is 0. The lowest BCUT2D eigenvalue weighted by molar-refractivity contribution is -0.109. The first-order valence-electron chi connectivity index (χ1n) is 1.02. The predicted molar refractivity (Wildman–Crippen MR) is 25.4 cm³/mol. The molecule has 0 atom stereocenters. The predicted octanol–water partition coefficient (Wildman–Crippen LogP) is -0.0599. The van der Waals surface area contributed by atoms with Gasteiger partial charge in [-0.05, 0) is 0 Å². The molecule has 0 aliphatic rings. The zero-order valence-corrected chi connectivity index (χ0v) is 4.61. The number of halogens is 1. The van der Waals surface area contributed by atoms with Crippen molar-refractivity contribution in [1.82, 2.24) is 5.32 Å². The number of hydrogen-bond donors (Lipinski definition) is 1. The minimum Gasteiger partial charge on any atom is -0.362 e. The highest BCUT2D eigenvalue weighted by molar-refractivity contribution is 8.93. The number of nitrogens with one attached hydrogen (secondary N) is 1. The highest BCUT2D eigenvalue weighted by Gasteiger charge is 1.43. The first kappa shape index (κ1) is 8.87. The van der Waals surface area contributed by atoms with Crippen LogP contribution < -0.4 is 5.32 Å². The van der Waals surface area contributed by atoms with E-state index in [1.165, 1.54) is 0 Å². The lowest BCUT2D eigenvalue weighted by Gasteiger charge is -1.64. The van der Waals surface area contributed by atoms with Gasteiger partial charge in [-0.15, -0.1) is 17.0 Å². The van der Waals surface area contributed by atoms with Gasteiger partial charge in [0.05, 0.1) is 0 Å². The van der Waals surface area contributed by atoms with Gasteiger partial charge in [0.15, 0.2) is 0 Å². The number of rotatable bonds is 1. The van der Waals surface area contributed by atoms with Crippen LogP contribution in [0.5, 0.6) is 0 Å².